The lowest BCUT2D eigenvalue weighted by Gasteiger charge is -2.36. The molecule has 1 saturated carbocycles. The summed E-state index contributed by atoms with van der Waals surface area (Å²) in [6.45, 7) is 1.87. The number of carbonyl (C=O) groups is 3. The van der Waals surface area contributed by atoms with E-state index in [-0.39, 0.29) is 24.7 Å². The minimum atomic E-state index is -0.845. The number of carboxylic acids is 1. The van der Waals surface area contributed by atoms with Gasteiger partial charge in [-0.3, -0.25) is 14.4 Å². The third-order valence-electron chi connectivity index (χ3n) is 5.41. The van der Waals surface area contributed by atoms with Crippen LogP contribution in [-0.2, 0) is 20.8 Å². The molecule has 1 aliphatic carbocycles. The number of amides is 2. The average Bonchev–Trinajstić information content (AvgIpc) is 2.66. The molecule has 7 nitrogen and oxygen atoms in total. The Hall–Kier alpha value is -2.12. The molecule has 1 aliphatic rings. The van der Waals surface area contributed by atoms with E-state index in [1.54, 1.807) is 6.92 Å². The van der Waals surface area contributed by atoms with Crippen molar-refractivity contribution in [3.8, 4) is 0 Å². The molecule has 0 aromatic heterocycles. The average molecular weight is 426 g/mol. The fourth-order valence-corrected chi connectivity index (χ4v) is 3.80. The normalized spacial score (nSPS) is 17.3. The first-order valence-corrected chi connectivity index (χ1v) is 9.91. The van der Waals surface area contributed by atoms with Gasteiger partial charge in [-0.25, -0.2) is 0 Å². The molecular weight excluding hydrogens is 394 g/mol. The molecule has 2 amide bonds. The van der Waals surface area contributed by atoms with Gasteiger partial charge in [0.05, 0.1) is 12.5 Å². The van der Waals surface area contributed by atoms with Crippen molar-refractivity contribution in [2.45, 2.75) is 64.0 Å². The molecule has 0 spiro atoms. The maximum atomic E-state index is 12.9. The molecule has 1 fully saturated rings. The quantitative estimate of drug-likeness (QED) is 0.482. The predicted molar refractivity (Wildman–Crippen MR) is 114 cm³/mol. The summed E-state index contributed by atoms with van der Waals surface area (Å²) in [6, 6.07) is 7.95. The summed E-state index contributed by atoms with van der Waals surface area (Å²) in [5.41, 5.74) is 6.14. The van der Waals surface area contributed by atoms with Gasteiger partial charge in [0.15, 0.2) is 0 Å². The van der Waals surface area contributed by atoms with Crippen molar-refractivity contribution in [1.29, 1.82) is 0 Å². The zero-order valence-corrected chi connectivity index (χ0v) is 17.7. The third kappa shape index (κ3) is 8.03. The summed E-state index contributed by atoms with van der Waals surface area (Å²) in [7, 11) is 0. The Morgan fingerprint density at radius 3 is 2.28 bits per heavy atom. The number of hydrogen-bond acceptors (Lipinski definition) is 4. The molecule has 29 heavy (non-hydrogen) atoms. The number of halogens is 1. The van der Waals surface area contributed by atoms with E-state index in [0.717, 1.165) is 37.7 Å². The van der Waals surface area contributed by atoms with Crippen LogP contribution in [0.2, 0.25) is 0 Å². The molecule has 0 saturated heterocycles. The third-order valence-corrected chi connectivity index (χ3v) is 5.41. The van der Waals surface area contributed by atoms with Crippen molar-refractivity contribution in [2.24, 2.45) is 11.1 Å². The Labute approximate surface area is 178 Å². The standard InChI is InChI=1S/C21H31N3O4.ClH/c1-15(22)19(27)24-17(12-16-8-4-2-5-9-16)20(28)23-14-21(13-18(25)26)10-6-3-7-11-21;/h2,4-5,8-9,15,17H,3,6-7,10-14,22H2,1H3,(H,23,28)(H,24,27)(H,25,26);1H. The van der Waals surface area contributed by atoms with E-state index in [1.807, 2.05) is 30.3 Å². The SMILES string of the molecule is CC(N)C(=O)NC(Cc1ccccc1)C(=O)NCC1(CC(=O)O)CCCCC1.Cl. The Morgan fingerprint density at radius 2 is 1.72 bits per heavy atom. The molecule has 1 aromatic rings. The highest BCUT2D eigenvalue weighted by Gasteiger charge is 2.35. The Morgan fingerprint density at radius 1 is 1.10 bits per heavy atom. The molecular formula is C21H32ClN3O4. The number of aliphatic carboxylic acids is 1. The molecule has 0 aliphatic heterocycles. The zero-order valence-electron chi connectivity index (χ0n) is 16.9. The molecule has 2 atom stereocenters. The number of carbonyl (C=O) groups excluding carboxylic acids is 2. The number of rotatable bonds is 9. The van der Waals surface area contributed by atoms with Gasteiger partial charge in [0.25, 0.3) is 0 Å². The van der Waals surface area contributed by atoms with Gasteiger partial charge < -0.3 is 21.5 Å². The molecule has 0 heterocycles. The Bertz CT molecular complexity index is 676. The van der Waals surface area contributed by atoms with E-state index in [1.165, 1.54) is 0 Å². The highest BCUT2D eigenvalue weighted by atomic mass is 35.5. The minimum Gasteiger partial charge on any atom is -0.481 e. The molecule has 2 unspecified atom stereocenters. The van der Waals surface area contributed by atoms with Crippen LogP contribution >= 0.6 is 12.4 Å². The van der Waals surface area contributed by atoms with Crippen LogP contribution in [0.5, 0.6) is 0 Å². The van der Waals surface area contributed by atoms with Crippen LogP contribution in [0.15, 0.2) is 30.3 Å². The highest BCUT2D eigenvalue weighted by molar-refractivity contribution is 5.89. The van der Waals surface area contributed by atoms with Crippen LogP contribution in [0, 0.1) is 5.41 Å². The van der Waals surface area contributed by atoms with Crippen molar-refractivity contribution in [1.82, 2.24) is 10.6 Å². The first-order chi connectivity index (χ1) is 13.3. The lowest BCUT2D eigenvalue weighted by molar-refractivity contribution is -0.140. The van der Waals surface area contributed by atoms with Crippen molar-refractivity contribution in [3.05, 3.63) is 35.9 Å². The highest BCUT2D eigenvalue weighted by Crippen LogP contribution is 2.38. The van der Waals surface area contributed by atoms with Crippen LogP contribution in [-0.4, -0.2) is 41.5 Å². The largest absolute Gasteiger partial charge is 0.481 e. The van der Waals surface area contributed by atoms with Crippen LogP contribution in [0.4, 0.5) is 0 Å². The van der Waals surface area contributed by atoms with Crippen molar-refractivity contribution >= 4 is 30.2 Å². The monoisotopic (exact) mass is 425 g/mol. The first-order valence-electron chi connectivity index (χ1n) is 9.91. The summed E-state index contributed by atoms with van der Waals surface area (Å²) < 4.78 is 0. The number of nitrogens with one attached hydrogen (secondary N) is 2. The molecule has 162 valence electrons. The van der Waals surface area contributed by atoms with Gasteiger partial charge in [0.2, 0.25) is 11.8 Å². The van der Waals surface area contributed by atoms with Gasteiger partial charge >= 0.3 is 5.97 Å². The van der Waals surface area contributed by atoms with Crippen LogP contribution < -0.4 is 16.4 Å². The van der Waals surface area contributed by atoms with E-state index in [0.29, 0.717) is 13.0 Å². The van der Waals surface area contributed by atoms with Gasteiger partial charge in [-0.2, -0.15) is 0 Å². The van der Waals surface area contributed by atoms with Crippen LogP contribution in [0.25, 0.3) is 0 Å². The fourth-order valence-electron chi connectivity index (χ4n) is 3.80. The predicted octanol–water partition coefficient (Wildman–Crippen LogP) is 2.02. The van der Waals surface area contributed by atoms with Crippen molar-refractivity contribution in [2.75, 3.05) is 6.54 Å². The van der Waals surface area contributed by atoms with Gasteiger partial charge in [-0.1, -0.05) is 49.6 Å². The second-order valence-corrected chi connectivity index (χ2v) is 7.89. The Balaban J connectivity index is 0.00000420. The summed E-state index contributed by atoms with van der Waals surface area (Å²) in [5.74, 6) is -1.55. The molecule has 8 heteroatoms. The molecule has 2 rings (SSSR count). The van der Waals surface area contributed by atoms with Gasteiger partial charge in [0.1, 0.15) is 6.04 Å². The van der Waals surface area contributed by atoms with Gasteiger partial charge in [-0.05, 0) is 30.7 Å². The van der Waals surface area contributed by atoms with E-state index in [9.17, 15) is 19.5 Å². The van der Waals surface area contributed by atoms with E-state index < -0.39 is 29.4 Å². The summed E-state index contributed by atoms with van der Waals surface area (Å²) in [5, 5.41) is 14.9. The van der Waals surface area contributed by atoms with Gasteiger partial charge in [0, 0.05) is 13.0 Å². The summed E-state index contributed by atoms with van der Waals surface area (Å²) in [6.07, 6.45) is 5.00. The lowest BCUT2D eigenvalue weighted by atomic mass is 9.71. The summed E-state index contributed by atoms with van der Waals surface area (Å²) in [4.78, 5) is 36.3. The Kier molecular flexibility index (Phi) is 10.1. The van der Waals surface area contributed by atoms with E-state index in [4.69, 9.17) is 5.73 Å². The topological polar surface area (TPSA) is 122 Å². The fraction of sp³-hybridized carbons (Fsp3) is 0.571. The number of carboxylic acid groups (broad SMARTS) is 1. The maximum Gasteiger partial charge on any atom is 0.303 e. The molecule has 1 aromatic carbocycles. The lowest BCUT2D eigenvalue weighted by Crippen LogP contribution is -2.53. The number of nitrogens with two attached hydrogens (primary N) is 1. The first kappa shape index (κ1) is 24.9. The molecule has 5 N–H and O–H groups in total. The smallest absolute Gasteiger partial charge is 0.303 e. The number of benzene rings is 1. The second kappa shape index (κ2) is 11.8. The zero-order chi connectivity index (χ0) is 20.6. The maximum absolute atomic E-state index is 12.9. The molecule has 0 bridgehead atoms. The van der Waals surface area contributed by atoms with Crippen molar-refractivity contribution < 1.29 is 19.5 Å². The number of hydrogen-bond donors (Lipinski definition) is 4. The van der Waals surface area contributed by atoms with Crippen LogP contribution in [0.1, 0.15) is 51.0 Å². The van der Waals surface area contributed by atoms with Crippen LogP contribution in [0.3, 0.4) is 0 Å². The van der Waals surface area contributed by atoms with E-state index >= 15 is 0 Å². The summed E-state index contributed by atoms with van der Waals surface area (Å²) >= 11 is 0. The van der Waals surface area contributed by atoms with Crippen molar-refractivity contribution in [3.63, 3.8) is 0 Å². The second-order valence-electron chi connectivity index (χ2n) is 7.89. The minimum absolute atomic E-state index is 0. The van der Waals surface area contributed by atoms with Gasteiger partial charge in [-0.15, -0.1) is 12.4 Å². The molecule has 0 radical (unpaired) electrons. The van der Waals surface area contributed by atoms with E-state index in [2.05, 4.69) is 10.6 Å².